The molecule has 5 N–H and O–H groups in total. The van der Waals surface area contributed by atoms with Crippen molar-refractivity contribution in [3.05, 3.63) is 0 Å². The summed E-state index contributed by atoms with van der Waals surface area (Å²) in [6, 6.07) is -0.895. The highest BCUT2D eigenvalue weighted by molar-refractivity contribution is 6.04. The summed E-state index contributed by atoms with van der Waals surface area (Å²) in [5, 5.41) is 12.6. The molecular weight excluding hydrogens is 178 g/mol. The van der Waals surface area contributed by atoms with Crippen LogP contribution in [0.3, 0.4) is 0 Å². The number of urea groups is 1. The molecule has 7 nitrogen and oxygen atoms in total. The molecular formula is C6H9N3O4. The van der Waals surface area contributed by atoms with Gasteiger partial charge in [0.15, 0.2) is 0 Å². The van der Waals surface area contributed by atoms with E-state index in [-0.39, 0.29) is 0 Å². The first-order chi connectivity index (χ1) is 5.88. The van der Waals surface area contributed by atoms with Crippen molar-refractivity contribution in [2.45, 2.75) is 12.6 Å². The highest BCUT2D eigenvalue weighted by atomic mass is 16.4. The fourth-order valence-corrected chi connectivity index (χ4v) is 0.993. The van der Waals surface area contributed by atoms with Gasteiger partial charge in [0, 0.05) is 0 Å². The summed E-state index contributed by atoms with van der Waals surface area (Å²) in [6.07, 6.45) is 0. The van der Waals surface area contributed by atoms with Crippen molar-refractivity contribution in [2.24, 2.45) is 11.7 Å². The number of nitrogens with two attached hydrogens (primary N) is 1. The minimum absolute atomic E-state index is 0.700. The lowest BCUT2D eigenvalue weighted by molar-refractivity contribution is -0.151. The largest absolute Gasteiger partial charge is 0.478 e. The molecule has 0 aliphatic carbocycles. The molecule has 13 heavy (non-hydrogen) atoms. The van der Waals surface area contributed by atoms with E-state index in [4.69, 9.17) is 10.8 Å². The molecule has 1 heterocycles. The second kappa shape index (κ2) is 2.70. The van der Waals surface area contributed by atoms with Crippen molar-refractivity contribution in [2.75, 3.05) is 0 Å². The van der Waals surface area contributed by atoms with Crippen molar-refractivity contribution >= 4 is 17.9 Å². The van der Waals surface area contributed by atoms with Crippen LogP contribution in [0, 0.1) is 5.92 Å². The Kier molecular flexibility index (Phi) is 1.96. The van der Waals surface area contributed by atoms with Crippen LogP contribution in [0.4, 0.5) is 4.79 Å². The maximum absolute atomic E-state index is 11.0. The Morgan fingerprint density at radius 2 is 2.15 bits per heavy atom. The van der Waals surface area contributed by atoms with E-state index in [0.717, 1.165) is 0 Å². The molecule has 0 bridgehead atoms. The van der Waals surface area contributed by atoms with Crippen LogP contribution < -0.4 is 16.4 Å². The molecule has 1 rings (SSSR count). The number of aliphatic carboxylic acids is 1. The van der Waals surface area contributed by atoms with Crippen molar-refractivity contribution in [1.82, 2.24) is 10.6 Å². The standard InChI is InChI=1S/C6H9N3O4/c1-2-3(10)8-5(13)9-6(2,7)4(11)12/h2H,7H2,1H3,(H,11,12)(H2,8,9,10,13). The third-order valence-corrected chi connectivity index (χ3v) is 1.99. The zero-order valence-corrected chi connectivity index (χ0v) is 6.83. The Bertz CT molecular complexity index is 290. The molecule has 0 aromatic carbocycles. The lowest BCUT2D eigenvalue weighted by atomic mass is 9.92. The Morgan fingerprint density at radius 1 is 1.62 bits per heavy atom. The second-order valence-electron chi connectivity index (χ2n) is 2.84. The topological polar surface area (TPSA) is 122 Å². The SMILES string of the molecule is CC1C(=O)NC(=O)NC1(N)C(=O)O. The average Bonchev–Trinajstić information content (AvgIpc) is 1.99. The Morgan fingerprint density at radius 3 is 2.62 bits per heavy atom. The lowest BCUT2D eigenvalue weighted by Gasteiger charge is -2.34. The van der Waals surface area contributed by atoms with Crippen molar-refractivity contribution in [1.29, 1.82) is 0 Å². The quantitative estimate of drug-likeness (QED) is 0.386. The van der Waals surface area contributed by atoms with Gasteiger partial charge in [-0.15, -0.1) is 0 Å². The van der Waals surface area contributed by atoms with Crippen LogP contribution in [-0.4, -0.2) is 28.7 Å². The van der Waals surface area contributed by atoms with E-state index >= 15 is 0 Å². The molecule has 1 fully saturated rings. The first kappa shape index (κ1) is 9.46. The van der Waals surface area contributed by atoms with Gasteiger partial charge in [0.1, 0.15) is 0 Å². The molecule has 3 amide bonds. The van der Waals surface area contributed by atoms with Crippen molar-refractivity contribution in [3.63, 3.8) is 0 Å². The maximum Gasteiger partial charge on any atom is 0.345 e. The molecule has 0 aromatic rings. The van der Waals surface area contributed by atoms with Gasteiger partial charge in [-0.3, -0.25) is 15.8 Å². The van der Waals surface area contributed by atoms with Gasteiger partial charge in [0.25, 0.3) is 0 Å². The fraction of sp³-hybridized carbons (Fsp3) is 0.500. The number of carbonyl (C=O) groups excluding carboxylic acids is 2. The third kappa shape index (κ3) is 1.33. The molecule has 0 spiro atoms. The van der Waals surface area contributed by atoms with E-state index in [1.54, 1.807) is 0 Å². The number of carboxylic acid groups (broad SMARTS) is 1. The zero-order valence-electron chi connectivity index (χ0n) is 6.83. The van der Waals surface area contributed by atoms with Gasteiger partial charge in [-0.25, -0.2) is 9.59 Å². The molecule has 1 aliphatic rings. The Balaban J connectivity index is 3.02. The minimum atomic E-state index is -2.01. The molecule has 0 radical (unpaired) electrons. The van der Waals surface area contributed by atoms with Crippen LogP contribution in [0.5, 0.6) is 0 Å². The Labute approximate surface area is 73.3 Å². The van der Waals surface area contributed by atoms with Crippen LogP contribution in [0.25, 0.3) is 0 Å². The van der Waals surface area contributed by atoms with Gasteiger partial charge in [-0.2, -0.15) is 0 Å². The van der Waals surface area contributed by atoms with E-state index in [1.165, 1.54) is 6.92 Å². The second-order valence-corrected chi connectivity index (χ2v) is 2.84. The molecule has 1 saturated heterocycles. The van der Waals surface area contributed by atoms with Gasteiger partial charge >= 0.3 is 12.0 Å². The summed E-state index contributed by atoms with van der Waals surface area (Å²) in [5.41, 5.74) is 3.32. The van der Waals surface area contributed by atoms with Crippen molar-refractivity contribution in [3.8, 4) is 0 Å². The summed E-state index contributed by atoms with van der Waals surface area (Å²) < 4.78 is 0. The predicted molar refractivity (Wildman–Crippen MR) is 40.4 cm³/mol. The van der Waals surface area contributed by atoms with Crippen LogP contribution in [0.15, 0.2) is 0 Å². The summed E-state index contributed by atoms with van der Waals surface area (Å²) >= 11 is 0. The number of carboxylic acids is 1. The molecule has 72 valence electrons. The number of rotatable bonds is 1. The maximum atomic E-state index is 11.0. The number of hydrogen-bond donors (Lipinski definition) is 4. The molecule has 1 aliphatic heterocycles. The molecule has 7 heteroatoms. The van der Waals surface area contributed by atoms with Gasteiger partial charge in [0.2, 0.25) is 11.6 Å². The van der Waals surface area contributed by atoms with E-state index in [2.05, 4.69) is 0 Å². The van der Waals surface area contributed by atoms with E-state index in [0.29, 0.717) is 0 Å². The normalized spacial score (nSPS) is 33.5. The van der Waals surface area contributed by atoms with E-state index in [1.807, 2.05) is 10.6 Å². The van der Waals surface area contributed by atoms with Gasteiger partial charge < -0.3 is 10.4 Å². The average molecular weight is 187 g/mol. The number of hydrogen-bond acceptors (Lipinski definition) is 4. The molecule has 0 aromatic heterocycles. The smallest absolute Gasteiger partial charge is 0.345 e. The van der Waals surface area contributed by atoms with Crippen molar-refractivity contribution < 1.29 is 19.5 Å². The number of carbonyl (C=O) groups is 3. The number of imide groups is 1. The molecule has 2 atom stereocenters. The zero-order chi connectivity index (χ0) is 10.2. The Hall–Kier alpha value is -1.63. The van der Waals surface area contributed by atoms with Crippen LogP contribution >= 0.6 is 0 Å². The van der Waals surface area contributed by atoms with Crippen LogP contribution in [0.1, 0.15) is 6.92 Å². The van der Waals surface area contributed by atoms with E-state index < -0.39 is 29.5 Å². The minimum Gasteiger partial charge on any atom is -0.478 e. The summed E-state index contributed by atoms with van der Waals surface area (Å²) in [4.78, 5) is 32.4. The highest BCUT2D eigenvalue weighted by Gasteiger charge is 2.48. The molecule has 0 saturated carbocycles. The van der Waals surface area contributed by atoms with Gasteiger partial charge in [0.05, 0.1) is 5.92 Å². The van der Waals surface area contributed by atoms with Gasteiger partial charge in [-0.1, -0.05) is 0 Å². The first-order valence-electron chi connectivity index (χ1n) is 3.53. The number of amides is 3. The summed E-state index contributed by atoms with van der Waals surface area (Å²) in [5.74, 6) is -3.15. The fourth-order valence-electron chi connectivity index (χ4n) is 0.993. The van der Waals surface area contributed by atoms with Gasteiger partial charge in [-0.05, 0) is 6.92 Å². The number of nitrogens with one attached hydrogen (secondary N) is 2. The predicted octanol–water partition coefficient (Wildman–Crippen LogP) is -1.80. The first-order valence-corrected chi connectivity index (χ1v) is 3.53. The highest BCUT2D eigenvalue weighted by Crippen LogP contribution is 2.15. The summed E-state index contributed by atoms with van der Waals surface area (Å²) in [6.45, 7) is 1.32. The van der Waals surface area contributed by atoms with Crippen LogP contribution in [-0.2, 0) is 9.59 Å². The summed E-state index contributed by atoms with van der Waals surface area (Å²) in [7, 11) is 0. The third-order valence-electron chi connectivity index (χ3n) is 1.99. The monoisotopic (exact) mass is 187 g/mol. The van der Waals surface area contributed by atoms with Crippen LogP contribution in [0.2, 0.25) is 0 Å². The lowest BCUT2D eigenvalue weighted by Crippen LogP contribution is -2.73. The van der Waals surface area contributed by atoms with E-state index in [9.17, 15) is 14.4 Å². The molecule has 2 unspecified atom stereocenters.